The SMILES string of the molecule is CN(C)C(=O)c1nn(C)cc1NC(=O)c1cnn2ccc(N[C@H]3CCCC[C@H]3N)nc12.O=C(O)C(F)(F)F. The van der Waals surface area contributed by atoms with Crippen molar-refractivity contribution in [2.24, 2.45) is 12.8 Å². The summed E-state index contributed by atoms with van der Waals surface area (Å²) in [6.45, 7) is 0. The van der Waals surface area contributed by atoms with Gasteiger partial charge in [-0.25, -0.2) is 14.3 Å². The fourth-order valence-corrected chi connectivity index (χ4v) is 3.78. The molecule has 4 rings (SSSR count). The smallest absolute Gasteiger partial charge is 0.475 e. The lowest BCUT2D eigenvalue weighted by Gasteiger charge is -2.29. The van der Waals surface area contributed by atoms with Gasteiger partial charge in [-0.3, -0.25) is 14.3 Å². The van der Waals surface area contributed by atoms with Crippen molar-refractivity contribution in [1.82, 2.24) is 29.3 Å². The second kappa shape index (κ2) is 11.5. The van der Waals surface area contributed by atoms with E-state index in [1.165, 1.54) is 20.3 Å². The second-order valence-electron chi connectivity index (χ2n) is 8.86. The number of hydrogen-bond donors (Lipinski definition) is 4. The second-order valence-corrected chi connectivity index (χ2v) is 8.86. The van der Waals surface area contributed by atoms with Crippen LogP contribution in [-0.4, -0.2) is 84.5 Å². The minimum atomic E-state index is -5.08. The van der Waals surface area contributed by atoms with Crippen molar-refractivity contribution in [1.29, 1.82) is 0 Å². The number of fused-ring (bicyclic) bond motifs is 1. The molecule has 16 heteroatoms. The lowest BCUT2D eigenvalue weighted by Crippen LogP contribution is -2.42. The van der Waals surface area contributed by atoms with Crippen LogP contribution < -0.4 is 16.4 Å². The highest BCUT2D eigenvalue weighted by Crippen LogP contribution is 2.22. The number of aryl methyl sites for hydroxylation is 1. The number of alkyl halides is 3. The number of nitrogens with one attached hydrogen (secondary N) is 2. The first-order valence-electron chi connectivity index (χ1n) is 11.5. The molecular weight excluding hydrogens is 511 g/mol. The van der Waals surface area contributed by atoms with E-state index in [-0.39, 0.29) is 23.7 Å². The largest absolute Gasteiger partial charge is 0.490 e. The zero-order valence-corrected chi connectivity index (χ0v) is 20.9. The standard InChI is InChI=1S/C20H27N9O2.C2HF3O2/c1-27(2)20(31)17-15(11-28(3)26-17)24-19(30)12-10-22-29-9-8-16(25-18(12)29)23-14-7-5-4-6-13(14)21;3-2(4,5)1(6)7/h8-11,13-14H,4-7,21H2,1-3H3,(H,23,25)(H,24,30);(H,6,7)/t13-,14+;/m1./s1. The molecule has 0 bridgehead atoms. The molecule has 206 valence electrons. The maximum atomic E-state index is 13.0. The number of aliphatic carboxylic acids is 1. The van der Waals surface area contributed by atoms with Gasteiger partial charge in [-0.15, -0.1) is 0 Å². The van der Waals surface area contributed by atoms with E-state index >= 15 is 0 Å². The topological polar surface area (TPSA) is 173 Å². The van der Waals surface area contributed by atoms with Crippen molar-refractivity contribution < 1.29 is 32.7 Å². The summed E-state index contributed by atoms with van der Waals surface area (Å²) in [4.78, 5) is 40.3. The quantitative estimate of drug-likeness (QED) is 0.377. The highest BCUT2D eigenvalue weighted by molar-refractivity contribution is 6.10. The lowest BCUT2D eigenvalue weighted by molar-refractivity contribution is -0.192. The number of amides is 2. The van der Waals surface area contributed by atoms with Gasteiger partial charge in [0.05, 0.1) is 11.9 Å². The molecule has 3 aromatic heterocycles. The van der Waals surface area contributed by atoms with Crippen LogP contribution in [0.4, 0.5) is 24.7 Å². The molecule has 0 unspecified atom stereocenters. The number of nitrogens with zero attached hydrogens (tertiary/aromatic N) is 6. The van der Waals surface area contributed by atoms with Crippen LogP contribution in [0.2, 0.25) is 0 Å². The van der Waals surface area contributed by atoms with E-state index in [1.807, 2.05) is 6.07 Å². The molecule has 0 aliphatic heterocycles. The molecule has 1 aliphatic carbocycles. The average Bonchev–Trinajstić information content (AvgIpc) is 3.42. The number of hydrogen-bond acceptors (Lipinski definition) is 8. The van der Waals surface area contributed by atoms with Gasteiger partial charge < -0.3 is 26.4 Å². The van der Waals surface area contributed by atoms with E-state index < -0.39 is 18.1 Å². The first-order chi connectivity index (χ1) is 17.8. The van der Waals surface area contributed by atoms with Crippen LogP contribution >= 0.6 is 0 Å². The lowest BCUT2D eigenvalue weighted by atomic mass is 9.91. The summed E-state index contributed by atoms with van der Waals surface area (Å²) < 4.78 is 34.8. The third-order valence-corrected chi connectivity index (χ3v) is 5.69. The molecule has 13 nitrogen and oxygen atoms in total. The van der Waals surface area contributed by atoms with E-state index in [9.17, 15) is 22.8 Å². The molecule has 0 radical (unpaired) electrons. The minimum absolute atomic E-state index is 0.0812. The van der Waals surface area contributed by atoms with E-state index in [0.29, 0.717) is 22.7 Å². The summed E-state index contributed by atoms with van der Waals surface area (Å²) in [6.07, 6.45) is 3.96. The summed E-state index contributed by atoms with van der Waals surface area (Å²) in [5.74, 6) is -2.83. The number of anilines is 2. The van der Waals surface area contributed by atoms with Crippen LogP contribution in [0, 0.1) is 0 Å². The van der Waals surface area contributed by atoms with Crippen LogP contribution in [0.5, 0.6) is 0 Å². The van der Waals surface area contributed by atoms with Gasteiger partial charge in [-0.2, -0.15) is 23.4 Å². The number of carboxylic acid groups (broad SMARTS) is 1. The molecule has 2 atom stereocenters. The molecule has 1 saturated carbocycles. The van der Waals surface area contributed by atoms with Crippen molar-refractivity contribution in [3.63, 3.8) is 0 Å². The van der Waals surface area contributed by atoms with Gasteiger partial charge in [-0.1, -0.05) is 12.8 Å². The molecule has 2 amide bonds. The molecule has 5 N–H and O–H groups in total. The molecular formula is C22H28F3N9O4. The fraction of sp³-hybridized carbons (Fsp3) is 0.455. The minimum Gasteiger partial charge on any atom is -0.475 e. The van der Waals surface area contributed by atoms with Gasteiger partial charge in [0.2, 0.25) is 0 Å². The third kappa shape index (κ3) is 6.76. The Labute approximate surface area is 214 Å². The fourth-order valence-electron chi connectivity index (χ4n) is 3.78. The van der Waals surface area contributed by atoms with E-state index in [0.717, 1.165) is 25.7 Å². The van der Waals surface area contributed by atoms with Gasteiger partial charge in [0.1, 0.15) is 11.4 Å². The van der Waals surface area contributed by atoms with Crippen LogP contribution in [0.25, 0.3) is 5.65 Å². The maximum Gasteiger partial charge on any atom is 0.490 e. The van der Waals surface area contributed by atoms with Crippen molar-refractivity contribution in [2.45, 2.75) is 43.9 Å². The van der Waals surface area contributed by atoms with Gasteiger partial charge in [0, 0.05) is 45.6 Å². The summed E-state index contributed by atoms with van der Waals surface area (Å²) >= 11 is 0. The van der Waals surface area contributed by atoms with Crippen molar-refractivity contribution in [2.75, 3.05) is 24.7 Å². The Bertz CT molecular complexity index is 1320. The summed E-state index contributed by atoms with van der Waals surface area (Å²) in [6, 6.07) is 2.05. The first-order valence-corrected chi connectivity index (χ1v) is 11.5. The van der Waals surface area contributed by atoms with Crippen LogP contribution in [0.3, 0.4) is 0 Å². The highest BCUT2D eigenvalue weighted by atomic mass is 19.4. The number of rotatable bonds is 5. The molecule has 38 heavy (non-hydrogen) atoms. The molecule has 1 fully saturated rings. The number of nitrogens with two attached hydrogens (primary N) is 1. The predicted molar refractivity (Wildman–Crippen MR) is 130 cm³/mol. The summed E-state index contributed by atoms with van der Waals surface area (Å²) in [5.41, 5.74) is 7.44. The first kappa shape index (κ1) is 28.4. The van der Waals surface area contributed by atoms with Crippen molar-refractivity contribution >= 4 is 34.9 Å². The molecule has 3 aromatic rings. The molecule has 0 spiro atoms. The van der Waals surface area contributed by atoms with Crippen LogP contribution in [0.15, 0.2) is 24.7 Å². The van der Waals surface area contributed by atoms with Gasteiger partial charge in [0.15, 0.2) is 11.3 Å². The third-order valence-electron chi connectivity index (χ3n) is 5.69. The Kier molecular flexibility index (Phi) is 8.55. The Morgan fingerprint density at radius 1 is 1.21 bits per heavy atom. The summed E-state index contributed by atoms with van der Waals surface area (Å²) in [5, 5.41) is 21.7. The van der Waals surface area contributed by atoms with Crippen molar-refractivity contribution in [3.8, 4) is 0 Å². The van der Waals surface area contributed by atoms with Crippen LogP contribution in [-0.2, 0) is 11.8 Å². The van der Waals surface area contributed by atoms with Gasteiger partial charge in [0.25, 0.3) is 11.8 Å². The Morgan fingerprint density at radius 3 is 2.47 bits per heavy atom. The van der Waals surface area contributed by atoms with Crippen molar-refractivity contribution in [3.05, 3.63) is 35.9 Å². The van der Waals surface area contributed by atoms with Crippen LogP contribution in [0.1, 0.15) is 46.5 Å². The number of carbonyl (C=O) groups excluding carboxylic acids is 2. The number of halogens is 3. The van der Waals surface area contributed by atoms with E-state index in [4.69, 9.17) is 15.6 Å². The molecule has 1 aliphatic rings. The molecule has 3 heterocycles. The zero-order chi connectivity index (χ0) is 28.2. The maximum absolute atomic E-state index is 13.0. The number of carboxylic acids is 1. The van der Waals surface area contributed by atoms with E-state index in [1.54, 1.807) is 33.5 Å². The normalized spacial score (nSPS) is 17.3. The molecule has 0 aromatic carbocycles. The Morgan fingerprint density at radius 2 is 1.87 bits per heavy atom. The Hall–Kier alpha value is -4.21. The predicted octanol–water partition coefficient (Wildman–Crippen LogP) is 1.73. The molecule has 0 saturated heterocycles. The van der Waals surface area contributed by atoms with Gasteiger partial charge >= 0.3 is 12.1 Å². The zero-order valence-electron chi connectivity index (χ0n) is 20.9. The number of aromatic nitrogens is 5. The van der Waals surface area contributed by atoms with Gasteiger partial charge in [-0.05, 0) is 18.9 Å². The van der Waals surface area contributed by atoms with E-state index in [2.05, 4.69) is 25.8 Å². The highest BCUT2D eigenvalue weighted by Gasteiger charge is 2.38. The monoisotopic (exact) mass is 539 g/mol. The Balaban J connectivity index is 0.000000505. The summed E-state index contributed by atoms with van der Waals surface area (Å²) in [7, 11) is 4.95. The average molecular weight is 540 g/mol. The number of carbonyl (C=O) groups is 3.